The minimum Gasteiger partial charge on any atom is -0.382 e. The maximum Gasteiger partial charge on any atom is 0.416 e. The van der Waals surface area contributed by atoms with E-state index in [4.69, 9.17) is 0 Å². The van der Waals surface area contributed by atoms with Gasteiger partial charge in [0, 0.05) is 12.5 Å². The Kier molecular flexibility index (Phi) is 3.35. The molecule has 3 rings (SSSR count). The predicted molar refractivity (Wildman–Crippen MR) is 72.8 cm³/mol. The summed E-state index contributed by atoms with van der Waals surface area (Å²) < 4.78 is 51.2. The van der Waals surface area contributed by atoms with Crippen molar-refractivity contribution in [3.8, 4) is 0 Å². The van der Waals surface area contributed by atoms with Gasteiger partial charge < -0.3 is 5.32 Å². The van der Waals surface area contributed by atoms with Gasteiger partial charge in [-0.25, -0.2) is 4.39 Å². The van der Waals surface area contributed by atoms with Crippen molar-refractivity contribution in [2.75, 3.05) is 11.9 Å². The van der Waals surface area contributed by atoms with Crippen molar-refractivity contribution in [1.29, 1.82) is 0 Å². The van der Waals surface area contributed by atoms with Gasteiger partial charge in [0.25, 0.3) is 0 Å². The Labute approximate surface area is 119 Å². The van der Waals surface area contributed by atoms with Crippen LogP contribution in [0.3, 0.4) is 0 Å². The van der Waals surface area contributed by atoms with Gasteiger partial charge in [-0.1, -0.05) is 24.3 Å². The predicted octanol–water partition coefficient (Wildman–Crippen LogP) is 4.60. The second-order valence-electron chi connectivity index (χ2n) is 5.18. The topological polar surface area (TPSA) is 12.0 Å². The fourth-order valence-corrected chi connectivity index (χ4v) is 2.68. The number of nitrogens with one attached hydrogen (secondary N) is 1. The second kappa shape index (κ2) is 5.06. The Morgan fingerprint density at radius 2 is 1.71 bits per heavy atom. The number of anilines is 1. The Bertz CT molecular complexity index is 646. The highest BCUT2D eigenvalue weighted by Crippen LogP contribution is 2.34. The molecule has 2 aromatic carbocycles. The lowest BCUT2D eigenvalue weighted by molar-refractivity contribution is -0.137. The molecule has 21 heavy (non-hydrogen) atoms. The van der Waals surface area contributed by atoms with Crippen molar-refractivity contribution in [2.24, 2.45) is 0 Å². The molecule has 1 N–H and O–H groups in total. The first-order chi connectivity index (χ1) is 9.95. The lowest BCUT2D eigenvalue weighted by Crippen LogP contribution is -2.22. The van der Waals surface area contributed by atoms with Crippen molar-refractivity contribution >= 4 is 5.69 Å². The molecule has 0 bridgehead atoms. The molecule has 0 aliphatic carbocycles. The standard InChI is InChI=1S/C16H13F4N/c17-14-3-1-2-11-8-12(9-21-15(11)14)10-4-6-13(7-5-10)16(18,19)20/h1-7,12,21H,8-9H2. The van der Waals surface area contributed by atoms with Gasteiger partial charge in [-0.05, 0) is 35.7 Å². The van der Waals surface area contributed by atoms with E-state index < -0.39 is 11.7 Å². The zero-order valence-electron chi connectivity index (χ0n) is 11.0. The first kappa shape index (κ1) is 13.9. The monoisotopic (exact) mass is 295 g/mol. The van der Waals surface area contributed by atoms with E-state index in [2.05, 4.69) is 5.32 Å². The van der Waals surface area contributed by atoms with Gasteiger partial charge in [-0.2, -0.15) is 13.2 Å². The minimum absolute atomic E-state index is 0.0431. The lowest BCUT2D eigenvalue weighted by atomic mass is 9.88. The molecule has 0 saturated carbocycles. The minimum atomic E-state index is -4.32. The van der Waals surface area contributed by atoms with E-state index in [0.29, 0.717) is 18.7 Å². The SMILES string of the molecule is Fc1cccc2c1NCC(c1ccc(C(F)(F)F)cc1)C2. The normalized spacial score (nSPS) is 18.0. The Balaban J connectivity index is 1.83. The molecule has 5 heteroatoms. The van der Waals surface area contributed by atoms with Crippen molar-refractivity contribution < 1.29 is 17.6 Å². The van der Waals surface area contributed by atoms with E-state index in [-0.39, 0.29) is 11.7 Å². The number of para-hydroxylation sites is 1. The van der Waals surface area contributed by atoms with Gasteiger partial charge in [-0.15, -0.1) is 0 Å². The zero-order valence-corrected chi connectivity index (χ0v) is 11.0. The fourth-order valence-electron chi connectivity index (χ4n) is 2.68. The molecule has 1 atom stereocenters. The number of rotatable bonds is 1. The molecule has 2 aromatic rings. The maximum absolute atomic E-state index is 13.6. The van der Waals surface area contributed by atoms with Gasteiger partial charge in [0.2, 0.25) is 0 Å². The highest BCUT2D eigenvalue weighted by molar-refractivity contribution is 5.55. The molecule has 0 radical (unpaired) electrons. The van der Waals surface area contributed by atoms with Crippen LogP contribution >= 0.6 is 0 Å². The van der Waals surface area contributed by atoms with E-state index in [9.17, 15) is 17.6 Å². The summed E-state index contributed by atoms with van der Waals surface area (Å²) in [6.07, 6.45) is -3.70. The van der Waals surface area contributed by atoms with Crippen LogP contribution in [0.15, 0.2) is 42.5 Å². The molecule has 0 spiro atoms. The summed E-state index contributed by atoms with van der Waals surface area (Å²) in [6.45, 7) is 0.513. The van der Waals surface area contributed by atoms with Crippen LogP contribution in [0, 0.1) is 5.82 Å². The molecule has 0 saturated heterocycles. The summed E-state index contributed by atoms with van der Waals surface area (Å²) in [5, 5.41) is 3.03. The van der Waals surface area contributed by atoms with Crippen LogP contribution in [0.4, 0.5) is 23.2 Å². The number of alkyl halides is 3. The van der Waals surface area contributed by atoms with E-state index in [0.717, 1.165) is 23.3 Å². The van der Waals surface area contributed by atoms with Crippen molar-refractivity contribution in [3.05, 3.63) is 65.0 Å². The molecule has 1 aliphatic rings. The Morgan fingerprint density at radius 1 is 1.00 bits per heavy atom. The summed E-state index contributed by atoms with van der Waals surface area (Å²) in [7, 11) is 0. The summed E-state index contributed by atoms with van der Waals surface area (Å²) in [6, 6.07) is 10.1. The van der Waals surface area contributed by atoms with Crippen LogP contribution in [0.25, 0.3) is 0 Å². The van der Waals surface area contributed by atoms with Gasteiger partial charge >= 0.3 is 6.18 Å². The summed E-state index contributed by atoms with van der Waals surface area (Å²) in [5.41, 5.74) is 1.53. The molecule has 1 aliphatic heterocycles. The summed E-state index contributed by atoms with van der Waals surface area (Å²) in [5.74, 6) is -0.250. The maximum atomic E-state index is 13.6. The molecule has 0 aromatic heterocycles. The number of halogens is 4. The molecular weight excluding hydrogens is 282 g/mol. The van der Waals surface area contributed by atoms with Crippen molar-refractivity contribution in [1.82, 2.24) is 0 Å². The molecule has 1 nitrogen and oxygen atoms in total. The highest BCUT2D eigenvalue weighted by Gasteiger charge is 2.30. The van der Waals surface area contributed by atoms with Crippen LogP contribution < -0.4 is 5.32 Å². The lowest BCUT2D eigenvalue weighted by Gasteiger charge is -2.27. The molecule has 1 unspecified atom stereocenters. The van der Waals surface area contributed by atoms with Gasteiger partial charge in [0.1, 0.15) is 5.82 Å². The van der Waals surface area contributed by atoms with E-state index in [1.165, 1.54) is 18.2 Å². The third-order valence-corrected chi connectivity index (χ3v) is 3.80. The van der Waals surface area contributed by atoms with Gasteiger partial charge in [0.05, 0.1) is 11.3 Å². The van der Waals surface area contributed by atoms with Crippen molar-refractivity contribution in [2.45, 2.75) is 18.5 Å². The highest BCUT2D eigenvalue weighted by atomic mass is 19.4. The van der Waals surface area contributed by atoms with E-state index >= 15 is 0 Å². The Morgan fingerprint density at radius 3 is 2.38 bits per heavy atom. The van der Waals surface area contributed by atoms with E-state index in [1.54, 1.807) is 6.07 Å². The van der Waals surface area contributed by atoms with Gasteiger partial charge in [-0.3, -0.25) is 0 Å². The number of hydrogen-bond donors (Lipinski definition) is 1. The first-order valence-corrected chi connectivity index (χ1v) is 6.63. The van der Waals surface area contributed by atoms with E-state index in [1.807, 2.05) is 6.07 Å². The second-order valence-corrected chi connectivity index (χ2v) is 5.18. The third kappa shape index (κ3) is 2.73. The summed E-state index contributed by atoms with van der Waals surface area (Å²) >= 11 is 0. The average molecular weight is 295 g/mol. The molecule has 0 amide bonds. The van der Waals surface area contributed by atoms with Gasteiger partial charge in [0.15, 0.2) is 0 Å². The molecular formula is C16H13F4N. The Hall–Kier alpha value is -2.04. The molecule has 110 valence electrons. The first-order valence-electron chi connectivity index (χ1n) is 6.63. The average Bonchev–Trinajstić information content (AvgIpc) is 2.46. The van der Waals surface area contributed by atoms with Crippen LogP contribution in [-0.2, 0) is 12.6 Å². The quantitative estimate of drug-likeness (QED) is 0.758. The van der Waals surface area contributed by atoms with Crippen LogP contribution in [0.5, 0.6) is 0 Å². The molecule has 1 heterocycles. The number of benzene rings is 2. The third-order valence-electron chi connectivity index (χ3n) is 3.80. The number of hydrogen-bond acceptors (Lipinski definition) is 1. The fraction of sp³-hybridized carbons (Fsp3) is 0.250. The summed E-state index contributed by atoms with van der Waals surface area (Å²) in [4.78, 5) is 0. The molecule has 0 fully saturated rings. The van der Waals surface area contributed by atoms with Crippen LogP contribution in [0.1, 0.15) is 22.6 Å². The smallest absolute Gasteiger partial charge is 0.382 e. The number of fused-ring (bicyclic) bond motifs is 1. The van der Waals surface area contributed by atoms with Crippen LogP contribution in [-0.4, -0.2) is 6.54 Å². The van der Waals surface area contributed by atoms with Crippen molar-refractivity contribution in [3.63, 3.8) is 0 Å². The zero-order chi connectivity index (χ0) is 15.0. The van der Waals surface area contributed by atoms with Crippen LogP contribution in [0.2, 0.25) is 0 Å². The largest absolute Gasteiger partial charge is 0.416 e.